The number of ether oxygens (including phenoxy) is 1. The molecule has 3 rings (SSSR count). The van der Waals surface area contributed by atoms with Crippen LogP contribution >= 0.6 is 0 Å². The number of Topliss-reactive ketones (excluding diaryl/α,β-unsaturated/α-hetero) is 1. The van der Waals surface area contributed by atoms with Gasteiger partial charge in [0.05, 0.1) is 24.3 Å². The molecule has 0 aromatic heterocycles. The molecule has 0 bridgehead atoms. The quantitative estimate of drug-likeness (QED) is 0.608. The second kappa shape index (κ2) is 7.28. The highest BCUT2D eigenvalue weighted by Crippen LogP contribution is 2.47. The number of ketones is 1. The van der Waals surface area contributed by atoms with E-state index in [0.29, 0.717) is 28.0 Å². The number of aromatic hydroxyl groups is 1. The normalized spacial score (nSPS) is 19.0. The first-order chi connectivity index (χ1) is 13.6. The van der Waals surface area contributed by atoms with Crippen molar-refractivity contribution in [2.45, 2.75) is 13.8 Å². The van der Waals surface area contributed by atoms with Crippen LogP contribution in [0, 0.1) is 6.92 Å². The molecule has 2 N–H and O–H groups in total. The predicted molar refractivity (Wildman–Crippen MR) is 115 cm³/mol. The number of aryl methyl sites for hydroxylation is 1. The van der Waals surface area contributed by atoms with Gasteiger partial charge >= 0.3 is 0 Å². The van der Waals surface area contributed by atoms with Gasteiger partial charge < -0.3 is 19.8 Å². The van der Waals surface area contributed by atoms with E-state index in [9.17, 15) is 15.0 Å². The largest absolute Gasteiger partial charge is 0.507 e. The molecule has 0 saturated heterocycles. The third-order valence-corrected chi connectivity index (χ3v) is 5.24. The highest BCUT2D eigenvalue weighted by Gasteiger charge is 2.42. The van der Waals surface area contributed by atoms with Crippen LogP contribution in [0.4, 0.5) is 5.69 Å². The molecule has 152 valence electrons. The van der Waals surface area contributed by atoms with Crippen LogP contribution in [0.25, 0.3) is 5.57 Å². The molecule has 0 saturated carbocycles. The van der Waals surface area contributed by atoms with Crippen molar-refractivity contribution in [2.24, 2.45) is 0 Å². The second-order valence-electron chi connectivity index (χ2n) is 7.71. The first kappa shape index (κ1) is 20.5. The molecule has 0 unspecified atom stereocenters. The number of phenols is 1. The van der Waals surface area contributed by atoms with Crippen molar-refractivity contribution in [3.05, 3.63) is 63.6 Å². The summed E-state index contributed by atoms with van der Waals surface area (Å²) in [6.45, 7) is 3.70. The average Bonchev–Trinajstić information content (AvgIpc) is 2.63. The lowest BCUT2D eigenvalue weighted by molar-refractivity contribution is -0.462. The van der Waals surface area contributed by atoms with Crippen LogP contribution in [-0.4, -0.2) is 61.6 Å². The lowest BCUT2D eigenvalue weighted by Gasteiger charge is -2.29. The molecule has 0 fully saturated rings. The van der Waals surface area contributed by atoms with Gasteiger partial charge in [0.25, 0.3) is 0 Å². The van der Waals surface area contributed by atoms with E-state index in [1.165, 1.54) is 7.11 Å². The monoisotopic (exact) mass is 395 g/mol. The minimum absolute atomic E-state index is 0.0227. The summed E-state index contributed by atoms with van der Waals surface area (Å²) in [7, 11) is 9.03. The summed E-state index contributed by atoms with van der Waals surface area (Å²) in [5.74, 6) is 0.167. The van der Waals surface area contributed by atoms with Gasteiger partial charge in [-0.05, 0) is 31.1 Å². The van der Waals surface area contributed by atoms with Gasteiger partial charge in [0.2, 0.25) is 11.5 Å². The Bertz CT molecular complexity index is 1030. The minimum Gasteiger partial charge on any atom is -0.507 e. The zero-order chi connectivity index (χ0) is 21.6. The predicted octanol–water partition coefficient (Wildman–Crippen LogP) is 3.12. The van der Waals surface area contributed by atoms with Crippen molar-refractivity contribution in [3.8, 4) is 5.75 Å². The van der Waals surface area contributed by atoms with E-state index in [0.717, 1.165) is 22.5 Å². The van der Waals surface area contributed by atoms with E-state index in [1.807, 2.05) is 63.7 Å². The van der Waals surface area contributed by atoms with Gasteiger partial charge in [0.15, 0.2) is 0 Å². The van der Waals surface area contributed by atoms with Crippen molar-refractivity contribution < 1.29 is 24.3 Å². The Morgan fingerprint density at radius 3 is 2.14 bits per heavy atom. The smallest absolute Gasteiger partial charge is 0.203 e. The Hall–Kier alpha value is -3.28. The molecule has 2 aliphatic carbocycles. The second-order valence-corrected chi connectivity index (χ2v) is 7.71. The molecule has 6 nitrogen and oxygen atoms in total. The van der Waals surface area contributed by atoms with Gasteiger partial charge in [-0.2, -0.15) is 0 Å². The molecule has 1 aromatic rings. The first-order valence-electron chi connectivity index (χ1n) is 9.31. The van der Waals surface area contributed by atoms with Crippen LogP contribution in [0.5, 0.6) is 5.75 Å². The topological polar surface area (TPSA) is 73.0 Å². The van der Waals surface area contributed by atoms with Crippen LogP contribution in [0.1, 0.15) is 18.1 Å². The van der Waals surface area contributed by atoms with Crippen molar-refractivity contribution >= 4 is 22.8 Å². The fourth-order valence-corrected chi connectivity index (χ4v) is 3.72. The third kappa shape index (κ3) is 3.24. The molecular formula is C23H27N2O4+. The molecule has 6 heteroatoms. The van der Waals surface area contributed by atoms with E-state index in [-0.39, 0.29) is 17.3 Å². The maximum Gasteiger partial charge on any atom is 0.203 e. The summed E-state index contributed by atoms with van der Waals surface area (Å²) in [5.41, 5.74) is 4.81. The molecular weight excluding hydrogens is 368 g/mol. The summed E-state index contributed by atoms with van der Waals surface area (Å²) in [6.07, 6.45) is 3.54. The van der Waals surface area contributed by atoms with Crippen LogP contribution in [0.3, 0.4) is 0 Å². The van der Waals surface area contributed by atoms with Crippen LogP contribution in [0.15, 0.2) is 52.5 Å². The number of anilines is 1. The molecule has 0 aliphatic heterocycles. The van der Waals surface area contributed by atoms with Crippen molar-refractivity contribution in [1.29, 1.82) is 0 Å². The summed E-state index contributed by atoms with van der Waals surface area (Å²) in [4.78, 5) is 15.0. The Balaban J connectivity index is 2.21. The van der Waals surface area contributed by atoms with Crippen molar-refractivity contribution in [1.82, 2.24) is 0 Å². The van der Waals surface area contributed by atoms with E-state index in [4.69, 9.17) is 4.74 Å². The molecule has 0 amide bonds. The fourth-order valence-electron chi connectivity index (χ4n) is 3.72. The molecule has 29 heavy (non-hydrogen) atoms. The zero-order valence-corrected chi connectivity index (χ0v) is 17.9. The third-order valence-electron chi connectivity index (χ3n) is 5.24. The molecule has 2 aliphatic rings. The summed E-state index contributed by atoms with van der Waals surface area (Å²) in [6, 6.07) is 3.54. The number of nitrogens with zero attached hydrogens (tertiary/aromatic N) is 2. The minimum atomic E-state index is -0.256. The number of carbonyl (C=O) groups excluding carboxylic acids is 1. The van der Waals surface area contributed by atoms with Gasteiger partial charge in [-0.15, -0.1) is 0 Å². The van der Waals surface area contributed by atoms with E-state index in [1.54, 1.807) is 12.1 Å². The number of hydrogen-bond donors (Lipinski definition) is 2. The van der Waals surface area contributed by atoms with Crippen LogP contribution in [0.2, 0.25) is 0 Å². The average molecular weight is 395 g/mol. The van der Waals surface area contributed by atoms with E-state index in [2.05, 4.69) is 0 Å². The van der Waals surface area contributed by atoms with Gasteiger partial charge in [0.1, 0.15) is 31.4 Å². The van der Waals surface area contributed by atoms with E-state index < -0.39 is 0 Å². The Morgan fingerprint density at radius 2 is 1.66 bits per heavy atom. The standard InChI is InChI=1S/C23H26N2O4/c1-12-8-14(24(3)4)10-16(26)18(12)20-22(28)21(23(20)29-7)19-13(2)9-15(25(5)6)11-17(19)27/h8-11H,1-7H3,(H,26,27)/p+1. The van der Waals surface area contributed by atoms with Gasteiger partial charge in [0, 0.05) is 43.1 Å². The van der Waals surface area contributed by atoms with Crippen molar-refractivity contribution in [2.75, 3.05) is 40.2 Å². The fraction of sp³-hybridized carbons (Fsp3) is 0.304. The summed E-state index contributed by atoms with van der Waals surface area (Å²) < 4.78 is 7.43. The van der Waals surface area contributed by atoms with E-state index >= 15 is 0 Å². The number of rotatable bonds is 3. The lowest BCUT2D eigenvalue weighted by atomic mass is 9.76. The number of carbonyl (C=O) groups is 1. The van der Waals surface area contributed by atoms with Gasteiger partial charge in [-0.3, -0.25) is 4.79 Å². The summed E-state index contributed by atoms with van der Waals surface area (Å²) >= 11 is 0. The van der Waals surface area contributed by atoms with Crippen molar-refractivity contribution in [3.63, 3.8) is 0 Å². The number of aliphatic hydroxyl groups is 1. The Morgan fingerprint density at radius 1 is 1.00 bits per heavy atom. The number of allylic oxidation sites excluding steroid dienone is 5. The molecule has 0 atom stereocenters. The maximum atomic E-state index is 13.2. The number of aliphatic hydroxyl groups excluding tert-OH is 1. The Labute approximate surface area is 171 Å². The highest BCUT2D eigenvalue weighted by atomic mass is 16.5. The van der Waals surface area contributed by atoms with Crippen LogP contribution in [-0.2, 0) is 9.53 Å². The SMILES string of the molecule is COC1=C(c2c(C)cc(N(C)C)cc2O)C(=O)/C1=C1\C(C)=CC(=[N+](C)C)C=C1O. The highest BCUT2D eigenvalue weighted by molar-refractivity contribution is 6.40. The molecule has 0 spiro atoms. The number of hydrogen-bond acceptors (Lipinski definition) is 5. The summed E-state index contributed by atoms with van der Waals surface area (Å²) in [5, 5.41) is 21.2. The lowest BCUT2D eigenvalue weighted by Crippen LogP contribution is -2.27. The number of phenolic OH excluding ortho intramolecular Hbond substituents is 1. The Kier molecular flexibility index (Phi) is 5.13. The molecule has 1 aromatic carbocycles. The van der Waals surface area contributed by atoms with Crippen LogP contribution < -0.4 is 4.90 Å². The maximum absolute atomic E-state index is 13.2. The molecule has 0 heterocycles. The molecule has 0 radical (unpaired) electrons. The first-order valence-corrected chi connectivity index (χ1v) is 9.31. The van der Waals surface area contributed by atoms with Gasteiger partial charge in [-0.25, -0.2) is 4.58 Å². The zero-order valence-electron chi connectivity index (χ0n) is 17.9. The number of methoxy groups -OCH3 is 1. The van der Waals surface area contributed by atoms with Gasteiger partial charge in [-0.1, -0.05) is 0 Å². The number of benzene rings is 1.